The predicted octanol–water partition coefficient (Wildman–Crippen LogP) is 2.99. The van der Waals surface area contributed by atoms with E-state index in [2.05, 4.69) is 9.82 Å². The lowest BCUT2D eigenvalue weighted by Crippen LogP contribution is -2.26. The number of nitriles is 1. The number of halogens is 1. The summed E-state index contributed by atoms with van der Waals surface area (Å²) < 4.78 is 42.2. The number of anilines is 1. The van der Waals surface area contributed by atoms with Crippen molar-refractivity contribution in [1.82, 2.24) is 14.5 Å². The molecule has 1 aromatic heterocycles. The second-order valence-corrected chi connectivity index (χ2v) is 8.71. The van der Waals surface area contributed by atoms with Crippen LogP contribution in [0.25, 0.3) is 5.69 Å². The summed E-state index contributed by atoms with van der Waals surface area (Å²) in [5, 5.41) is 13.8. The van der Waals surface area contributed by atoms with E-state index in [0.717, 1.165) is 5.56 Å². The molecule has 3 N–H and O–H groups in total. The first kappa shape index (κ1) is 21.5. The molecule has 2 aromatic carbocycles. The summed E-state index contributed by atoms with van der Waals surface area (Å²) in [5.41, 5.74) is 8.94. The van der Waals surface area contributed by atoms with E-state index in [1.807, 2.05) is 19.1 Å². The van der Waals surface area contributed by atoms with Crippen LogP contribution in [0.4, 0.5) is 10.2 Å². The van der Waals surface area contributed by atoms with Gasteiger partial charge in [0.15, 0.2) is 0 Å². The highest BCUT2D eigenvalue weighted by Crippen LogP contribution is 2.22. The fourth-order valence-corrected chi connectivity index (χ4v) is 4.49. The molecule has 0 aliphatic carbocycles. The van der Waals surface area contributed by atoms with Crippen LogP contribution in [0.1, 0.15) is 28.8 Å². The Bertz CT molecular complexity index is 1210. The molecule has 0 saturated carbocycles. The molecule has 1 heterocycles. The zero-order valence-electron chi connectivity index (χ0n) is 16.7. The molecule has 0 unspecified atom stereocenters. The average molecular weight is 428 g/mol. The maximum absolute atomic E-state index is 13.2. The van der Waals surface area contributed by atoms with Crippen molar-refractivity contribution in [2.45, 2.75) is 31.6 Å². The Labute approximate surface area is 175 Å². The number of nitrogens with two attached hydrogens (primary N) is 1. The monoisotopic (exact) mass is 427 g/mol. The number of hydrogen-bond donors (Lipinski definition) is 2. The summed E-state index contributed by atoms with van der Waals surface area (Å²) in [4.78, 5) is 0.246. The molecular weight excluding hydrogens is 405 g/mol. The summed E-state index contributed by atoms with van der Waals surface area (Å²) in [6.45, 7) is 3.84. The fraction of sp³-hybridized carbons (Fsp3) is 0.238. The van der Waals surface area contributed by atoms with Crippen LogP contribution in [-0.2, 0) is 16.4 Å². The van der Waals surface area contributed by atoms with Crippen LogP contribution in [0.3, 0.4) is 0 Å². The molecule has 0 aliphatic rings. The molecular formula is C21H22FN5O2S. The van der Waals surface area contributed by atoms with Gasteiger partial charge in [0.25, 0.3) is 0 Å². The zero-order valence-corrected chi connectivity index (χ0v) is 17.5. The van der Waals surface area contributed by atoms with E-state index in [9.17, 15) is 18.1 Å². The molecule has 0 saturated heterocycles. The minimum absolute atomic E-state index is 0.162. The van der Waals surface area contributed by atoms with Crippen molar-refractivity contribution in [3.8, 4) is 11.8 Å². The van der Waals surface area contributed by atoms with Gasteiger partial charge in [0, 0.05) is 6.54 Å². The van der Waals surface area contributed by atoms with Crippen molar-refractivity contribution in [2.75, 3.05) is 12.3 Å². The molecule has 30 heavy (non-hydrogen) atoms. The van der Waals surface area contributed by atoms with Gasteiger partial charge < -0.3 is 5.73 Å². The second-order valence-electron chi connectivity index (χ2n) is 6.98. The van der Waals surface area contributed by atoms with Gasteiger partial charge in [-0.2, -0.15) is 10.4 Å². The van der Waals surface area contributed by atoms with Crippen LogP contribution in [-0.4, -0.2) is 24.7 Å². The summed E-state index contributed by atoms with van der Waals surface area (Å²) in [5.74, 6) is -0.226. The van der Waals surface area contributed by atoms with E-state index >= 15 is 0 Å². The summed E-state index contributed by atoms with van der Waals surface area (Å²) >= 11 is 0. The first-order valence-corrected chi connectivity index (χ1v) is 10.8. The summed E-state index contributed by atoms with van der Waals surface area (Å²) in [7, 11) is -3.63. The van der Waals surface area contributed by atoms with E-state index in [4.69, 9.17) is 5.73 Å². The summed E-state index contributed by atoms with van der Waals surface area (Å²) in [6, 6.07) is 12.8. The highest BCUT2D eigenvalue weighted by atomic mass is 32.2. The van der Waals surface area contributed by atoms with Crippen LogP contribution in [0.5, 0.6) is 0 Å². The van der Waals surface area contributed by atoms with Gasteiger partial charge in [-0.05, 0) is 62.6 Å². The molecule has 0 spiro atoms. The first-order valence-electron chi connectivity index (χ1n) is 9.33. The van der Waals surface area contributed by atoms with Crippen molar-refractivity contribution in [1.29, 1.82) is 5.26 Å². The van der Waals surface area contributed by atoms with Crippen LogP contribution >= 0.6 is 0 Å². The third kappa shape index (κ3) is 4.50. The van der Waals surface area contributed by atoms with Gasteiger partial charge in [0.2, 0.25) is 10.0 Å². The van der Waals surface area contributed by atoms with Crippen LogP contribution in [0.2, 0.25) is 0 Å². The van der Waals surface area contributed by atoms with Gasteiger partial charge in [0.05, 0.1) is 16.3 Å². The number of nitrogens with zero attached hydrogens (tertiary/aromatic N) is 3. The van der Waals surface area contributed by atoms with Crippen LogP contribution < -0.4 is 10.5 Å². The zero-order chi connectivity index (χ0) is 21.9. The Hall–Kier alpha value is -3.22. The topological polar surface area (TPSA) is 114 Å². The third-order valence-electron chi connectivity index (χ3n) is 4.68. The van der Waals surface area contributed by atoms with Crippen molar-refractivity contribution in [2.24, 2.45) is 0 Å². The van der Waals surface area contributed by atoms with E-state index in [1.54, 1.807) is 19.1 Å². The normalized spacial score (nSPS) is 11.4. The van der Waals surface area contributed by atoms with E-state index in [-0.39, 0.29) is 28.6 Å². The van der Waals surface area contributed by atoms with E-state index < -0.39 is 10.0 Å². The van der Waals surface area contributed by atoms with Crippen LogP contribution in [0, 0.1) is 31.0 Å². The SMILES string of the molecule is Cc1ccc(S(=O)(=O)NCCCc2nn(-c3ccc(F)cc3)c(N)c2C#N)c(C)c1. The van der Waals surface area contributed by atoms with Crippen LogP contribution in [0.15, 0.2) is 47.4 Å². The molecule has 0 fully saturated rings. The number of benzene rings is 2. The van der Waals surface area contributed by atoms with Gasteiger partial charge >= 0.3 is 0 Å². The average Bonchev–Trinajstić information content (AvgIpc) is 3.01. The lowest BCUT2D eigenvalue weighted by atomic mass is 10.1. The lowest BCUT2D eigenvalue weighted by molar-refractivity contribution is 0.578. The fourth-order valence-electron chi connectivity index (χ4n) is 3.20. The Balaban J connectivity index is 1.70. The third-order valence-corrected chi connectivity index (χ3v) is 6.30. The quantitative estimate of drug-likeness (QED) is 0.563. The number of rotatable bonds is 7. The molecule has 9 heteroatoms. The minimum Gasteiger partial charge on any atom is -0.382 e. The number of sulfonamides is 1. The number of nitrogens with one attached hydrogen (secondary N) is 1. The molecule has 0 radical (unpaired) electrons. The molecule has 0 bridgehead atoms. The van der Waals surface area contributed by atoms with Gasteiger partial charge in [-0.25, -0.2) is 22.2 Å². The Morgan fingerprint density at radius 2 is 1.90 bits per heavy atom. The Kier molecular flexibility index (Phi) is 6.20. The van der Waals surface area contributed by atoms with E-state index in [0.29, 0.717) is 29.8 Å². The highest BCUT2D eigenvalue weighted by Gasteiger charge is 2.18. The second kappa shape index (κ2) is 8.65. The maximum atomic E-state index is 13.2. The molecule has 0 amide bonds. The van der Waals surface area contributed by atoms with Crippen molar-refractivity contribution >= 4 is 15.8 Å². The number of hydrogen-bond acceptors (Lipinski definition) is 5. The Morgan fingerprint density at radius 1 is 1.20 bits per heavy atom. The minimum atomic E-state index is -3.63. The largest absolute Gasteiger partial charge is 0.382 e. The van der Waals surface area contributed by atoms with Crippen molar-refractivity contribution < 1.29 is 12.8 Å². The van der Waals surface area contributed by atoms with E-state index in [1.165, 1.54) is 28.9 Å². The highest BCUT2D eigenvalue weighted by molar-refractivity contribution is 7.89. The maximum Gasteiger partial charge on any atom is 0.240 e. The predicted molar refractivity (Wildman–Crippen MR) is 112 cm³/mol. The van der Waals surface area contributed by atoms with Gasteiger partial charge in [-0.15, -0.1) is 0 Å². The Morgan fingerprint density at radius 3 is 2.53 bits per heavy atom. The smallest absolute Gasteiger partial charge is 0.240 e. The number of aromatic nitrogens is 2. The standard InChI is InChI=1S/C21H22FN5O2S/c1-14-5-10-20(15(2)12-14)30(28,29)25-11-3-4-19-18(13-23)21(24)27(26-19)17-8-6-16(22)7-9-17/h5-10,12,25H,3-4,11,24H2,1-2H3. The molecule has 3 aromatic rings. The van der Waals surface area contributed by atoms with Crippen molar-refractivity contribution in [3.63, 3.8) is 0 Å². The molecule has 3 rings (SSSR count). The number of aryl methyl sites for hydroxylation is 3. The molecule has 7 nitrogen and oxygen atoms in total. The number of nitrogen functional groups attached to an aromatic ring is 1. The first-order chi connectivity index (χ1) is 14.2. The van der Waals surface area contributed by atoms with Crippen molar-refractivity contribution in [3.05, 3.63) is 70.7 Å². The van der Waals surface area contributed by atoms with Gasteiger partial charge in [-0.3, -0.25) is 0 Å². The summed E-state index contributed by atoms with van der Waals surface area (Å²) in [6.07, 6.45) is 0.787. The lowest BCUT2D eigenvalue weighted by Gasteiger charge is -2.09. The molecule has 0 atom stereocenters. The van der Waals surface area contributed by atoms with Gasteiger partial charge in [0.1, 0.15) is 23.3 Å². The van der Waals surface area contributed by atoms with Gasteiger partial charge in [-0.1, -0.05) is 17.7 Å². The molecule has 156 valence electrons. The molecule has 0 aliphatic heterocycles.